The summed E-state index contributed by atoms with van der Waals surface area (Å²) in [6.07, 6.45) is 5.50. The molecule has 0 radical (unpaired) electrons. The van der Waals surface area contributed by atoms with E-state index in [1.807, 2.05) is 0 Å². The third kappa shape index (κ3) is 3.80. The summed E-state index contributed by atoms with van der Waals surface area (Å²) in [6.45, 7) is 13.3. The molecule has 3 fully saturated rings. The second-order valence-electron chi connectivity index (χ2n) is 8.01. The first kappa shape index (κ1) is 19.3. The van der Waals surface area contributed by atoms with Gasteiger partial charge in [0.25, 0.3) is 0 Å². The summed E-state index contributed by atoms with van der Waals surface area (Å²) in [5.74, 6) is 2.65. The third-order valence-electron chi connectivity index (χ3n) is 6.01. The predicted molar refractivity (Wildman–Crippen MR) is 107 cm³/mol. The monoisotopic (exact) mass is 435 g/mol. The van der Waals surface area contributed by atoms with Crippen LogP contribution in [0.4, 0.5) is 0 Å². The first-order valence-electron chi connectivity index (χ1n) is 9.21. The average Bonchev–Trinajstić information content (AvgIpc) is 2.52. The quantitative estimate of drug-likeness (QED) is 0.410. The van der Waals surface area contributed by atoms with Crippen molar-refractivity contribution in [2.24, 2.45) is 22.2 Å². The van der Waals surface area contributed by atoms with Crippen molar-refractivity contribution in [3.05, 3.63) is 0 Å². The minimum atomic E-state index is 0. The van der Waals surface area contributed by atoms with Crippen molar-refractivity contribution in [3.8, 4) is 0 Å². The van der Waals surface area contributed by atoms with E-state index < -0.39 is 0 Å². The van der Waals surface area contributed by atoms with Crippen molar-refractivity contribution < 1.29 is 4.74 Å². The minimum absolute atomic E-state index is 0. The van der Waals surface area contributed by atoms with Crippen molar-refractivity contribution >= 4 is 29.9 Å². The Bertz CT molecular complexity index is 418. The molecule has 134 valence electrons. The second kappa shape index (κ2) is 7.89. The molecule has 2 saturated heterocycles. The fourth-order valence-corrected chi connectivity index (χ4v) is 4.56. The van der Waals surface area contributed by atoms with Gasteiger partial charge in [-0.15, -0.1) is 24.0 Å². The number of guanidine groups is 1. The molecule has 0 aromatic rings. The Morgan fingerprint density at radius 1 is 1.26 bits per heavy atom. The number of likely N-dealkylation sites (tertiary alicyclic amines) is 1. The van der Waals surface area contributed by atoms with Gasteiger partial charge in [-0.1, -0.05) is 20.8 Å². The lowest BCUT2D eigenvalue weighted by atomic mass is 9.55. The maximum Gasteiger partial charge on any atom is 0.194 e. The number of fused-ring (bicyclic) bond motifs is 1. The molecule has 3 aliphatic rings. The molecule has 0 spiro atoms. The lowest BCUT2D eigenvalue weighted by Gasteiger charge is -2.60. The van der Waals surface area contributed by atoms with Crippen LogP contribution < -0.4 is 5.32 Å². The van der Waals surface area contributed by atoms with Crippen LogP contribution in [0.25, 0.3) is 0 Å². The van der Waals surface area contributed by atoms with Crippen LogP contribution in [0.3, 0.4) is 0 Å². The van der Waals surface area contributed by atoms with Crippen LogP contribution in [0.15, 0.2) is 4.99 Å². The van der Waals surface area contributed by atoms with Gasteiger partial charge in [0.1, 0.15) is 0 Å². The third-order valence-corrected chi connectivity index (χ3v) is 6.01. The number of nitrogens with zero attached hydrogens (tertiary/aromatic N) is 2. The fraction of sp³-hybridized carbons (Fsp3) is 0.944. The van der Waals surface area contributed by atoms with Gasteiger partial charge in [0.15, 0.2) is 5.96 Å². The Morgan fingerprint density at radius 3 is 2.61 bits per heavy atom. The largest absolute Gasteiger partial charge is 0.377 e. The standard InChI is InChI=1S/C18H33N3O.HI/c1-5-19-17(21-10-8-13(2)9-11-21)20-15-14-7-6-12-22-16(14)18(15,3)4;/h13-16H,5-12H2,1-4H3,(H,19,20);1H. The van der Waals surface area contributed by atoms with E-state index >= 15 is 0 Å². The molecule has 4 nitrogen and oxygen atoms in total. The number of aliphatic imine (C=N–C) groups is 1. The highest BCUT2D eigenvalue weighted by Crippen LogP contribution is 2.51. The van der Waals surface area contributed by atoms with E-state index in [9.17, 15) is 0 Å². The van der Waals surface area contributed by atoms with Crippen LogP contribution in [0.1, 0.15) is 53.4 Å². The molecule has 1 aliphatic carbocycles. The Hall–Kier alpha value is -0.0400. The predicted octanol–water partition coefficient (Wildman–Crippen LogP) is 3.51. The van der Waals surface area contributed by atoms with E-state index in [4.69, 9.17) is 9.73 Å². The van der Waals surface area contributed by atoms with Crippen LogP contribution >= 0.6 is 24.0 Å². The van der Waals surface area contributed by atoms with Crippen LogP contribution in [0.5, 0.6) is 0 Å². The van der Waals surface area contributed by atoms with Gasteiger partial charge < -0.3 is 15.0 Å². The highest BCUT2D eigenvalue weighted by molar-refractivity contribution is 14.0. The molecule has 3 unspecified atom stereocenters. The summed E-state index contributed by atoms with van der Waals surface area (Å²) >= 11 is 0. The van der Waals surface area contributed by atoms with E-state index in [0.29, 0.717) is 18.1 Å². The highest BCUT2D eigenvalue weighted by atomic mass is 127. The molecule has 1 N–H and O–H groups in total. The molecule has 1 saturated carbocycles. The van der Waals surface area contributed by atoms with Crippen molar-refractivity contribution in [2.45, 2.75) is 65.5 Å². The number of halogens is 1. The molecule has 2 heterocycles. The van der Waals surface area contributed by atoms with Gasteiger partial charge in [-0.25, -0.2) is 0 Å². The molecule has 0 bridgehead atoms. The number of piperidine rings is 1. The zero-order valence-electron chi connectivity index (χ0n) is 15.2. The average molecular weight is 435 g/mol. The molecular formula is C18H34IN3O. The summed E-state index contributed by atoms with van der Waals surface area (Å²) in [6, 6.07) is 0.502. The second-order valence-corrected chi connectivity index (χ2v) is 8.01. The molecule has 5 heteroatoms. The van der Waals surface area contributed by atoms with E-state index in [2.05, 4.69) is 37.9 Å². The van der Waals surface area contributed by atoms with Crippen LogP contribution in [0, 0.1) is 17.3 Å². The SMILES string of the molecule is CCN=C(NC1C2CCCOC2C1(C)C)N1CCC(C)CC1.I. The molecule has 0 aromatic heterocycles. The van der Waals surface area contributed by atoms with Gasteiger partial charge in [0.2, 0.25) is 0 Å². The molecule has 3 atom stereocenters. The summed E-state index contributed by atoms with van der Waals surface area (Å²) < 4.78 is 6.03. The Labute approximate surface area is 158 Å². The summed E-state index contributed by atoms with van der Waals surface area (Å²) in [4.78, 5) is 7.26. The fourth-order valence-electron chi connectivity index (χ4n) is 4.56. The van der Waals surface area contributed by atoms with Crippen molar-refractivity contribution in [3.63, 3.8) is 0 Å². The molecular weight excluding hydrogens is 401 g/mol. The Kier molecular flexibility index (Phi) is 6.62. The van der Waals surface area contributed by atoms with Gasteiger partial charge in [-0.2, -0.15) is 0 Å². The highest BCUT2D eigenvalue weighted by Gasteiger charge is 2.58. The lowest BCUT2D eigenvalue weighted by molar-refractivity contribution is -0.188. The van der Waals surface area contributed by atoms with E-state index in [1.54, 1.807) is 0 Å². The Balaban J connectivity index is 0.00000192. The van der Waals surface area contributed by atoms with Crippen LogP contribution in [0.2, 0.25) is 0 Å². The normalized spacial score (nSPS) is 34.2. The first-order valence-corrected chi connectivity index (χ1v) is 9.21. The molecule has 0 aromatic carbocycles. The van der Waals surface area contributed by atoms with Crippen LogP contribution in [-0.2, 0) is 4.74 Å². The molecule has 23 heavy (non-hydrogen) atoms. The smallest absolute Gasteiger partial charge is 0.194 e. The Morgan fingerprint density at radius 2 is 1.96 bits per heavy atom. The van der Waals surface area contributed by atoms with E-state index in [-0.39, 0.29) is 29.4 Å². The first-order chi connectivity index (χ1) is 10.5. The number of hydrogen-bond acceptors (Lipinski definition) is 2. The summed E-state index contributed by atoms with van der Waals surface area (Å²) in [7, 11) is 0. The maximum absolute atomic E-state index is 6.03. The zero-order chi connectivity index (χ0) is 15.7. The molecule has 2 aliphatic heterocycles. The minimum Gasteiger partial charge on any atom is -0.377 e. The van der Waals surface area contributed by atoms with Gasteiger partial charge in [-0.3, -0.25) is 4.99 Å². The van der Waals surface area contributed by atoms with Gasteiger partial charge in [-0.05, 0) is 38.5 Å². The topological polar surface area (TPSA) is 36.9 Å². The van der Waals surface area contributed by atoms with Gasteiger partial charge in [0.05, 0.1) is 6.10 Å². The summed E-state index contributed by atoms with van der Waals surface area (Å²) in [5, 5.41) is 3.82. The van der Waals surface area contributed by atoms with E-state index in [1.165, 1.54) is 25.7 Å². The van der Waals surface area contributed by atoms with Crippen molar-refractivity contribution in [2.75, 3.05) is 26.2 Å². The van der Waals surface area contributed by atoms with E-state index in [0.717, 1.165) is 38.1 Å². The number of nitrogens with one attached hydrogen (secondary N) is 1. The summed E-state index contributed by atoms with van der Waals surface area (Å²) in [5.41, 5.74) is 0.211. The number of hydrogen-bond donors (Lipinski definition) is 1. The molecule has 3 rings (SSSR count). The number of ether oxygens (including phenoxy) is 1. The van der Waals surface area contributed by atoms with Crippen molar-refractivity contribution in [1.82, 2.24) is 10.2 Å². The lowest BCUT2D eigenvalue weighted by Crippen LogP contribution is -2.71. The molecule has 0 amide bonds. The van der Waals surface area contributed by atoms with Gasteiger partial charge >= 0.3 is 0 Å². The van der Waals surface area contributed by atoms with Gasteiger partial charge in [0, 0.05) is 43.6 Å². The van der Waals surface area contributed by atoms with Crippen LogP contribution in [-0.4, -0.2) is 49.2 Å². The zero-order valence-corrected chi connectivity index (χ0v) is 17.5. The number of rotatable bonds is 2. The van der Waals surface area contributed by atoms with Crippen molar-refractivity contribution in [1.29, 1.82) is 0 Å². The maximum atomic E-state index is 6.03.